The van der Waals surface area contributed by atoms with Crippen LogP contribution in [0.2, 0.25) is 0 Å². The summed E-state index contributed by atoms with van der Waals surface area (Å²) in [6.07, 6.45) is 0.885. The summed E-state index contributed by atoms with van der Waals surface area (Å²) < 4.78 is 2.09. The fourth-order valence-electron chi connectivity index (χ4n) is 11.2. The van der Waals surface area contributed by atoms with Gasteiger partial charge in [0.2, 0.25) is 0 Å². The molecule has 0 radical (unpaired) electrons. The number of benzene rings is 9. The SMILES string of the molecule is CC(C)(C)Cc1cc2c3c(c1)N(c1c(-c4ccccc4)cc(C(C)(C)C)cc1-c1ccccc1)c1cc(Br)ccc1B3c1ccc(Br)cc1N2c1c(-c2ccccc2)cc(C(C)(C)C)cc1-c1ccccc1. The van der Waals surface area contributed by atoms with Crippen molar-refractivity contribution in [2.75, 3.05) is 9.80 Å². The van der Waals surface area contributed by atoms with Gasteiger partial charge in [-0.05, 0) is 139 Å². The maximum atomic E-state index is 4.04. The molecule has 2 aliphatic heterocycles. The summed E-state index contributed by atoms with van der Waals surface area (Å²) in [7, 11) is 0. The van der Waals surface area contributed by atoms with E-state index < -0.39 is 0 Å². The van der Waals surface area contributed by atoms with Crippen molar-refractivity contribution in [3.8, 4) is 44.5 Å². The molecule has 0 aromatic heterocycles. The van der Waals surface area contributed by atoms with Gasteiger partial charge in [-0.15, -0.1) is 0 Å². The van der Waals surface area contributed by atoms with E-state index >= 15 is 0 Å². The molecule has 356 valence electrons. The number of nitrogens with zero attached hydrogens (tertiary/aromatic N) is 2. The first-order valence-electron chi connectivity index (χ1n) is 25.4. The maximum absolute atomic E-state index is 4.04. The lowest BCUT2D eigenvalue weighted by atomic mass is 9.33. The van der Waals surface area contributed by atoms with Crippen LogP contribution in [0, 0.1) is 5.41 Å². The van der Waals surface area contributed by atoms with Gasteiger partial charge in [-0.3, -0.25) is 0 Å². The first-order valence-corrected chi connectivity index (χ1v) is 27.0. The first-order chi connectivity index (χ1) is 34.4. The predicted molar refractivity (Wildman–Crippen MR) is 318 cm³/mol. The van der Waals surface area contributed by atoms with E-state index in [4.69, 9.17) is 0 Å². The van der Waals surface area contributed by atoms with Crippen molar-refractivity contribution in [3.63, 3.8) is 0 Å². The molecule has 0 amide bonds. The number of hydrogen-bond donors (Lipinski definition) is 0. The summed E-state index contributed by atoms with van der Waals surface area (Å²) in [4.78, 5) is 5.30. The van der Waals surface area contributed by atoms with Crippen molar-refractivity contribution < 1.29 is 0 Å². The molecular weight excluding hydrogens is 1000 g/mol. The molecule has 0 unspecified atom stereocenters. The molecule has 11 rings (SSSR count). The van der Waals surface area contributed by atoms with E-state index in [0.717, 1.165) is 15.4 Å². The first kappa shape index (κ1) is 47.9. The average molecular weight is 1060 g/mol. The van der Waals surface area contributed by atoms with E-state index in [0.29, 0.717) is 0 Å². The van der Waals surface area contributed by atoms with Gasteiger partial charge in [-0.25, -0.2) is 0 Å². The lowest BCUT2D eigenvalue weighted by Gasteiger charge is -2.46. The fourth-order valence-corrected chi connectivity index (χ4v) is 11.9. The molecule has 0 saturated heterocycles. The van der Waals surface area contributed by atoms with Crippen molar-refractivity contribution in [3.05, 3.63) is 220 Å². The Morgan fingerprint density at radius 1 is 0.375 bits per heavy atom. The highest BCUT2D eigenvalue weighted by atomic mass is 79.9. The molecule has 0 bridgehead atoms. The number of rotatable bonds is 7. The van der Waals surface area contributed by atoms with Gasteiger partial charge in [0.25, 0.3) is 6.71 Å². The molecule has 2 nitrogen and oxygen atoms in total. The van der Waals surface area contributed by atoms with Gasteiger partial charge in [0.15, 0.2) is 0 Å². The minimum atomic E-state index is -0.112. The van der Waals surface area contributed by atoms with Crippen molar-refractivity contribution >= 4 is 89.1 Å². The zero-order valence-corrected chi connectivity index (χ0v) is 46.1. The van der Waals surface area contributed by atoms with Crippen LogP contribution in [0.4, 0.5) is 34.1 Å². The molecule has 2 heterocycles. The van der Waals surface area contributed by atoms with Crippen LogP contribution in [0.3, 0.4) is 0 Å². The van der Waals surface area contributed by atoms with E-state index in [-0.39, 0.29) is 23.0 Å². The molecule has 0 saturated carbocycles. The second kappa shape index (κ2) is 18.3. The van der Waals surface area contributed by atoms with Gasteiger partial charge < -0.3 is 9.80 Å². The molecule has 5 heteroatoms. The van der Waals surface area contributed by atoms with E-state index in [1.165, 1.54) is 112 Å². The lowest BCUT2D eigenvalue weighted by Crippen LogP contribution is -2.61. The normalized spacial score (nSPS) is 13.2. The van der Waals surface area contributed by atoms with Crippen molar-refractivity contribution in [2.24, 2.45) is 5.41 Å². The lowest BCUT2D eigenvalue weighted by molar-refractivity contribution is 0.411. The molecule has 0 N–H and O–H groups in total. The van der Waals surface area contributed by atoms with Gasteiger partial charge in [0, 0.05) is 53.9 Å². The van der Waals surface area contributed by atoms with Crippen LogP contribution in [0.1, 0.15) is 79.0 Å². The quantitative estimate of drug-likeness (QED) is 0.147. The van der Waals surface area contributed by atoms with Crippen molar-refractivity contribution in [1.82, 2.24) is 0 Å². The Bertz CT molecular complexity index is 3170. The fraction of sp³-hybridized carbons (Fsp3) is 0.194. The molecular formula is C67H61BBr2N2. The number of halogens is 2. The highest BCUT2D eigenvalue weighted by Crippen LogP contribution is 2.54. The zero-order chi connectivity index (χ0) is 50.3. The molecule has 72 heavy (non-hydrogen) atoms. The maximum Gasteiger partial charge on any atom is 0.252 e. The highest BCUT2D eigenvalue weighted by molar-refractivity contribution is 9.10. The molecule has 2 aliphatic rings. The second-order valence-electron chi connectivity index (χ2n) is 23.1. The van der Waals surface area contributed by atoms with Crippen LogP contribution < -0.4 is 26.2 Å². The Hall–Kier alpha value is -6.40. The third-order valence-electron chi connectivity index (χ3n) is 14.5. The topological polar surface area (TPSA) is 6.48 Å². The minimum absolute atomic E-state index is 0.00126. The summed E-state index contributed by atoms with van der Waals surface area (Å²) in [6.45, 7) is 21.0. The number of fused-ring (bicyclic) bond motifs is 4. The monoisotopic (exact) mass is 1060 g/mol. The van der Waals surface area contributed by atoms with Gasteiger partial charge in [0.1, 0.15) is 0 Å². The Balaban J connectivity index is 1.34. The summed E-state index contributed by atoms with van der Waals surface area (Å²) in [5.41, 5.74) is 24.1. The Labute approximate surface area is 445 Å². The molecule has 0 spiro atoms. The summed E-state index contributed by atoms with van der Waals surface area (Å²) in [5.74, 6) is 0. The third kappa shape index (κ3) is 8.77. The van der Waals surface area contributed by atoms with Crippen LogP contribution >= 0.6 is 31.9 Å². The zero-order valence-electron chi connectivity index (χ0n) is 42.9. The van der Waals surface area contributed by atoms with E-state index in [1.54, 1.807) is 0 Å². The third-order valence-corrected chi connectivity index (χ3v) is 15.5. The van der Waals surface area contributed by atoms with Gasteiger partial charge >= 0.3 is 0 Å². The highest BCUT2D eigenvalue weighted by Gasteiger charge is 2.46. The average Bonchev–Trinajstić information content (AvgIpc) is 3.35. The van der Waals surface area contributed by atoms with E-state index in [1.807, 2.05) is 0 Å². The molecule has 0 fully saturated rings. The molecule has 9 aromatic rings. The van der Waals surface area contributed by atoms with Crippen LogP contribution in [-0.4, -0.2) is 6.71 Å². The molecule has 0 atom stereocenters. The molecule has 9 aromatic carbocycles. The van der Waals surface area contributed by atoms with Crippen molar-refractivity contribution in [1.29, 1.82) is 0 Å². The summed E-state index contributed by atoms with van der Waals surface area (Å²) in [5, 5.41) is 0. The van der Waals surface area contributed by atoms with Gasteiger partial charge in [0.05, 0.1) is 11.4 Å². The predicted octanol–water partition coefficient (Wildman–Crippen LogP) is 18.1. The number of hydrogen-bond acceptors (Lipinski definition) is 2. The van der Waals surface area contributed by atoms with Gasteiger partial charge in [-0.2, -0.15) is 0 Å². The van der Waals surface area contributed by atoms with Crippen molar-refractivity contribution in [2.45, 2.75) is 79.6 Å². The largest absolute Gasteiger partial charge is 0.310 e. The summed E-state index contributed by atoms with van der Waals surface area (Å²) >= 11 is 8.08. The Kier molecular flexibility index (Phi) is 12.2. The van der Waals surface area contributed by atoms with Gasteiger partial charge in [-0.1, -0.05) is 228 Å². The second-order valence-corrected chi connectivity index (χ2v) is 24.9. The minimum Gasteiger partial charge on any atom is -0.310 e. The van der Waals surface area contributed by atoms with E-state index in [9.17, 15) is 0 Å². The van der Waals surface area contributed by atoms with Crippen LogP contribution in [0.5, 0.6) is 0 Å². The van der Waals surface area contributed by atoms with Crippen LogP contribution in [0.25, 0.3) is 44.5 Å². The van der Waals surface area contributed by atoms with E-state index in [2.05, 4.69) is 298 Å². The Morgan fingerprint density at radius 3 is 0.986 bits per heavy atom. The van der Waals surface area contributed by atoms with Crippen LogP contribution in [0.15, 0.2) is 203 Å². The molecule has 0 aliphatic carbocycles. The standard InChI is InChI=1S/C67H61BBr2N2/c1-65(2,3)42-43-34-60-62-61(35-43)72(64-54(46-26-18-12-19-27-46)38-49(67(7,8)9)39-55(64)47-28-20-13-21-29-47)59-41-51(70)31-33-57(59)68(62)56-32-30-50(69)40-58(56)71(60)63-52(44-22-14-10-15-23-44)36-48(66(4,5)6)37-53(63)45-24-16-11-17-25-45/h10-41H,42H2,1-9H3. The summed E-state index contributed by atoms with van der Waals surface area (Å²) in [6, 6.07) is 73.2. The smallest absolute Gasteiger partial charge is 0.252 e. The van der Waals surface area contributed by atoms with Crippen LogP contribution in [-0.2, 0) is 17.3 Å². The number of anilines is 6. The Morgan fingerprint density at radius 2 is 0.694 bits per heavy atom.